The topological polar surface area (TPSA) is 85.1 Å². The van der Waals surface area contributed by atoms with Crippen LogP contribution in [0.15, 0.2) is 18.2 Å². The third-order valence-electron chi connectivity index (χ3n) is 4.04. The number of amides is 1. The van der Waals surface area contributed by atoms with Crippen molar-refractivity contribution in [2.24, 2.45) is 0 Å². The van der Waals surface area contributed by atoms with Crippen molar-refractivity contribution in [1.82, 2.24) is 4.90 Å². The van der Waals surface area contributed by atoms with Gasteiger partial charge in [-0.2, -0.15) is 0 Å². The number of esters is 1. The first kappa shape index (κ1) is 18.9. The number of piperazine rings is 1. The Hall–Kier alpha value is -2.44. The van der Waals surface area contributed by atoms with Gasteiger partial charge < -0.3 is 25.0 Å². The van der Waals surface area contributed by atoms with Gasteiger partial charge in [-0.1, -0.05) is 6.07 Å². The summed E-state index contributed by atoms with van der Waals surface area (Å²) in [4.78, 5) is 28.1. The second-order valence-corrected chi connectivity index (χ2v) is 7.20. The Balaban J connectivity index is 2.20. The summed E-state index contributed by atoms with van der Waals surface area (Å²) in [5.74, 6) is -0.427. The van der Waals surface area contributed by atoms with Gasteiger partial charge >= 0.3 is 12.1 Å². The van der Waals surface area contributed by atoms with Crippen molar-refractivity contribution in [1.29, 1.82) is 0 Å². The van der Waals surface area contributed by atoms with Gasteiger partial charge in [-0.3, -0.25) is 0 Å². The highest BCUT2D eigenvalue weighted by atomic mass is 16.6. The van der Waals surface area contributed by atoms with Crippen LogP contribution in [0.5, 0.6) is 0 Å². The zero-order valence-electron chi connectivity index (χ0n) is 15.5. The molecule has 2 N–H and O–H groups in total. The van der Waals surface area contributed by atoms with E-state index in [1.54, 1.807) is 23.1 Å². The van der Waals surface area contributed by atoms with Crippen LogP contribution in [0.3, 0.4) is 0 Å². The molecule has 0 unspecified atom stereocenters. The summed E-state index contributed by atoms with van der Waals surface area (Å²) in [7, 11) is 1.35. The number of nitrogens with two attached hydrogens (primary N) is 1. The van der Waals surface area contributed by atoms with E-state index in [-0.39, 0.29) is 12.1 Å². The van der Waals surface area contributed by atoms with Crippen molar-refractivity contribution < 1.29 is 19.1 Å². The first-order valence-corrected chi connectivity index (χ1v) is 8.35. The molecule has 138 valence electrons. The molecule has 0 aromatic heterocycles. The van der Waals surface area contributed by atoms with Crippen LogP contribution in [-0.4, -0.2) is 55.3 Å². The molecular formula is C18H27N3O4. The summed E-state index contributed by atoms with van der Waals surface area (Å²) in [6, 6.07) is 5.17. The summed E-state index contributed by atoms with van der Waals surface area (Å²) < 4.78 is 10.3. The fourth-order valence-corrected chi connectivity index (χ4v) is 2.94. The SMILES string of the molecule is COC(=O)c1cccc(N)c1N1CCN(C(=O)OC(C)(C)C)C[C@@H]1C. The van der Waals surface area contributed by atoms with E-state index in [4.69, 9.17) is 15.2 Å². The third-order valence-corrected chi connectivity index (χ3v) is 4.04. The maximum atomic E-state index is 12.3. The smallest absolute Gasteiger partial charge is 0.410 e. The van der Waals surface area contributed by atoms with Crippen LogP contribution in [0.25, 0.3) is 0 Å². The second kappa shape index (κ2) is 7.21. The van der Waals surface area contributed by atoms with Crippen LogP contribution in [0.1, 0.15) is 38.1 Å². The summed E-state index contributed by atoms with van der Waals surface area (Å²) in [6.45, 7) is 9.06. The predicted octanol–water partition coefficient (Wildman–Crippen LogP) is 2.50. The number of benzene rings is 1. The lowest BCUT2D eigenvalue weighted by Gasteiger charge is -2.42. The lowest BCUT2D eigenvalue weighted by atomic mass is 10.1. The maximum absolute atomic E-state index is 12.3. The molecule has 1 amide bonds. The van der Waals surface area contributed by atoms with Crippen LogP contribution < -0.4 is 10.6 Å². The molecule has 7 heteroatoms. The molecule has 1 saturated heterocycles. The van der Waals surface area contributed by atoms with Gasteiger partial charge in [-0.05, 0) is 39.8 Å². The van der Waals surface area contributed by atoms with Gasteiger partial charge in [-0.15, -0.1) is 0 Å². The van der Waals surface area contributed by atoms with E-state index in [9.17, 15) is 9.59 Å². The number of nitrogen functional groups attached to an aromatic ring is 1. The van der Waals surface area contributed by atoms with Crippen LogP contribution in [0.4, 0.5) is 16.2 Å². The van der Waals surface area contributed by atoms with Gasteiger partial charge in [0.15, 0.2) is 0 Å². The van der Waals surface area contributed by atoms with Crippen molar-refractivity contribution in [2.45, 2.75) is 39.3 Å². The Morgan fingerprint density at radius 3 is 2.48 bits per heavy atom. The van der Waals surface area contributed by atoms with Crippen molar-refractivity contribution >= 4 is 23.4 Å². The summed E-state index contributed by atoms with van der Waals surface area (Å²) in [5, 5.41) is 0. The van der Waals surface area contributed by atoms with Gasteiger partial charge in [0, 0.05) is 25.7 Å². The van der Waals surface area contributed by atoms with Crippen molar-refractivity contribution in [2.75, 3.05) is 37.4 Å². The Morgan fingerprint density at radius 1 is 1.24 bits per heavy atom. The highest BCUT2D eigenvalue weighted by molar-refractivity contribution is 5.99. The first-order chi connectivity index (χ1) is 11.6. The highest BCUT2D eigenvalue weighted by Crippen LogP contribution is 2.31. The zero-order valence-corrected chi connectivity index (χ0v) is 15.5. The molecule has 0 spiro atoms. The first-order valence-electron chi connectivity index (χ1n) is 8.35. The molecule has 1 fully saturated rings. The third kappa shape index (κ3) is 4.35. The fourth-order valence-electron chi connectivity index (χ4n) is 2.94. The number of anilines is 2. The quantitative estimate of drug-likeness (QED) is 0.652. The number of para-hydroxylation sites is 1. The Kier molecular flexibility index (Phi) is 5.45. The Labute approximate surface area is 148 Å². The van der Waals surface area contributed by atoms with Crippen molar-refractivity contribution in [3.8, 4) is 0 Å². The van der Waals surface area contributed by atoms with E-state index in [0.29, 0.717) is 36.6 Å². The van der Waals surface area contributed by atoms with Crippen LogP contribution >= 0.6 is 0 Å². The van der Waals surface area contributed by atoms with E-state index < -0.39 is 11.6 Å². The minimum absolute atomic E-state index is 0.0191. The summed E-state index contributed by atoms with van der Waals surface area (Å²) >= 11 is 0. The van der Waals surface area contributed by atoms with E-state index in [0.717, 1.165) is 0 Å². The molecule has 1 heterocycles. The van der Waals surface area contributed by atoms with E-state index >= 15 is 0 Å². The summed E-state index contributed by atoms with van der Waals surface area (Å²) in [5.41, 5.74) is 7.20. The van der Waals surface area contributed by atoms with Gasteiger partial charge in [0.05, 0.1) is 24.0 Å². The van der Waals surface area contributed by atoms with Crippen molar-refractivity contribution in [3.05, 3.63) is 23.8 Å². The molecular weight excluding hydrogens is 322 g/mol. The molecule has 0 aliphatic carbocycles. The molecule has 0 bridgehead atoms. The Morgan fingerprint density at radius 2 is 1.92 bits per heavy atom. The Bertz CT molecular complexity index is 654. The van der Waals surface area contributed by atoms with Gasteiger partial charge in [0.1, 0.15) is 5.60 Å². The lowest BCUT2D eigenvalue weighted by molar-refractivity contribution is 0.0218. The maximum Gasteiger partial charge on any atom is 0.410 e. The minimum Gasteiger partial charge on any atom is -0.465 e. The monoisotopic (exact) mass is 349 g/mol. The molecule has 1 aliphatic heterocycles. The number of carbonyl (C=O) groups is 2. The van der Waals surface area contributed by atoms with Gasteiger partial charge in [0.2, 0.25) is 0 Å². The molecule has 0 saturated carbocycles. The number of nitrogens with zero attached hydrogens (tertiary/aromatic N) is 2. The van der Waals surface area contributed by atoms with Crippen LogP contribution in [0.2, 0.25) is 0 Å². The average Bonchev–Trinajstić information content (AvgIpc) is 2.52. The number of carbonyl (C=O) groups excluding carboxylic acids is 2. The molecule has 1 aromatic carbocycles. The minimum atomic E-state index is -0.528. The fraction of sp³-hybridized carbons (Fsp3) is 0.556. The highest BCUT2D eigenvalue weighted by Gasteiger charge is 2.32. The number of hydrogen-bond donors (Lipinski definition) is 1. The summed E-state index contributed by atoms with van der Waals surface area (Å²) in [6.07, 6.45) is -0.326. The van der Waals surface area contributed by atoms with E-state index in [1.165, 1.54) is 7.11 Å². The van der Waals surface area contributed by atoms with Crippen molar-refractivity contribution in [3.63, 3.8) is 0 Å². The molecule has 0 radical (unpaired) electrons. The molecule has 25 heavy (non-hydrogen) atoms. The average molecular weight is 349 g/mol. The standard InChI is InChI=1S/C18H27N3O4/c1-12-11-20(17(23)25-18(2,3)4)9-10-21(12)15-13(16(22)24-5)7-6-8-14(15)19/h6-8,12H,9-11,19H2,1-5H3/t12-/m0/s1. The molecule has 1 aliphatic rings. The number of rotatable bonds is 2. The normalized spacial score (nSPS) is 18.0. The largest absolute Gasteiger partial charge is 0.465 e. The van der Waals surface area contributed by atoms with Gasteiger partial charge in [0.25, 0.3) is 0 Å². The van der Waals surface area contributed by atoms with E-state index in [1.807, 2.05) is 32.6 Å². The second-order valence-electron chi connectivity index (χ2n) is 7.20. The number of methoxy groups -OCH3 is 1. The van der Waals surface area contributed by atoms with Crippen LogP contribution in [-0.2, 0) is 9.47 Å². The number of hydrogen-bond acceptors (Lipinski definition) is 6. The lowest BCUT2D eigenvalue weighted by Crippen LogP contribution is -2.55. The molecule has 1 atom stereocenters. The number of ether oxygens (including phenoxy) is 2. The predicted molar refractivity (Wildman–Crippen MR) is 96.8 cm³/mol. The molecule has 2 rings (SSSR count). The zero-order chi connectivity index (χ0) is 18.8. The molecule has 1 aromatic rings. The van der Waals surface area contributed by atoms with Crippen LogP contribution in [0, 0.1) is 0 Å². The molecule has 7 nitrogen and oxygen atoms in total. The van der Waals surface area contributed by atoms with Gasteiger partial charge in [-0.25, -0.2) is 9.59 Å². The van der Waals surface area contributed by atoms with E-state index in [2.05, 4.69) is 0 Å².